The van der Waals surface area contributed by atoms with Gasteiger partial charge in [-0.25, -0.2) is 19.7 Å². The standard InChI is InChI=1S/C19H24N6O/c1-3-24-16-5-4-8-20-18(16)25(19(24)26)12-15-6-9-23(10-7-15)17-11-14(2)21-13-22-17/h4-5,8,11,13,15H,3,6-7,9-10,12H2,1-2H3. The van der Waals surface area contributed by atoms with Crippen LogP contribution in [0.2, 0.25) is 0 Å². The highest BCUT2D eigenvalue weighted by molar-refractivity contribution is 5.71. The quantitative estimate of drug-likeness (QED) is 0.720. The molecule has 0 aliphatic carbocycles. The van der Waals surface area contributed by atoms with Crippen LogP contribution in [0.25, 0.3) is 11.2 Å². The van der Waals surface area contributed by atoms with E-state index in [1.807, 2.05) is 36.6 Å². The highest BCUT2D eigenvalue weighted by Gasteiger charge is 2.23. The summed E-state index contributed by atoms with van der Waals surface area (Å²) < 4.78 is 3.66. The summed E-state index contributed by atoms with van der Waals surface area (Å²) in [7, 11) is 0. The molecule has 0 aromatic carbocycles. The van der Waals surface area contributed by atoms with E-state index in [0.29, 0.717) is 12.5 Å². The first-order chi connectivity index (χ1) is 12.7. The van der Waals surface area contributed by atoms with Gasteiger partial charge in [0.05, 0.1) is 5.52 Å². The highest BCUT2D eigenvalue weighted by Crippen LogP contribution is 2.24. The van der Waals surface area contributed by atoms with Crippen molar-refractivity contribution >= 4 is 17.0 Å². The van der Waals surface area contributed by atoms with Gasteiger partial charge >= 0.3 is 5.69 Å². The summed E-state index contributed by atoms with van der Waals surface area (Å²) in [4.78, 5) is 28.1. The second-order valence-corrected chi connectivity index (χ2v) is 6.93. The number of anilines is 1. The van der Waals surface area contributed by atoms with E-state index >= 15 is 0 Å². The van der Waals surface area contributed by atoms with E-state index in [1.165, 1.54) is 0 Å². The van der Waals surface area contributed by atoms with Crippen molar-refractivity contribution in [2.75, 3.05) is 18.0 Å². The minimum Gasteiger partial charge on any atom is -0.356 e. The Morgan fingerprint density at radius 2 is 1.96 bits per heavy atom. The van der Waals surface area contributed by atoms with Gasteiger partial charge in [0.25, 0.3) is 0 Å². The monoisotopic (exact) mass is 352 g/mol. The maximum Gasteiger partial charge on any atom is 0.330 e. The van der Waals surface area contributed by atoms with E-state index in [2.05, 4.69) is 19.9 Å². The third-order valence-corrected chi connectivity index (χ3v) is 5.26. The van der Waals surface area contributed by atoms with E-state index in [9.17, 15) is 4.79 Å². The number of piperidine rings is 1. The molecule has 0 atom stereocenters. The van der Waals surface area contributed by atoms with E-state index < -0.39 is 0 Å². The lowest BCUT2D eigenvalue weighted by atomic mass is 9.96. The van der Waals surface area contributed by atoms with Gasteiger partial charge in [-0.2, -0.15) is 0 Å². The van der Waals surface area contributed by atoms with Crippen LogP contribution in [-0.4, -0.2) is 37.2 Å². The average molecular weight is 352 g/mol. The fourth-order valence-corrected chi connectivity index (χ4v) is 3.83. The lowest BCUT2D eigenvalue weighted by molar-refractivity contribution is 0.353. The molecule has 1 fully saturated rings. The number of pyridine rings is 1. The number of rotatable bonds is 4. The Hall–Kier alpha value is -2.70. The van der Waals surface area contributed by atoms with Crippen LogP contribution in [0, 0.1) is 12.8 Å². The molecule has 1 aliphatic heterocycles. The van der Waals surface area contributed by atoms with Crippen LogP contribution in [0.5, 0.6) is 0 Å². The van der Waals surface area contributed by atoms with Gasteiger partial charge in [0, 0.05) is 44.1 Å². The van der Waals surface area contributed by atoms with Crippen molar-refractivity contribution in [2.24, 2.45) is 5.92 Å². The van der Waals surface area contributed by atoms with Gasteiger partial charge in [0.15, 0.2) is 5.65 Å². The van der Waals surface area contributed by atoms with Crippen molar-refractivity contribution < 1.29 is 0 Å². The molecule has 7 heteroatoms. The van der Waals surface area contributed by atoms with Crippen LogP contribution < -0.4 is 10.6 Å². The minimum absolute atomic E-state index is 0.0510. The van der Waals surface area contributed by atoms with E-state index in [0.717, 1.165) is 55.2 Å². The van der Waals surface area contributed by atoms with Crippen LogP contribution in [0.15, 0.2) is 35.5 Å². The molecule has 1 saturated heterocycles. The summed E-state index contributed by atoms with van der Waals surface area (Å²) in [6, 6.07) is 5.90. The molecule has 0 bridgehead atoms. The second kappa shape index (κ2) is 6.90. The average Bonchev–Trinajstić information content (AvgIpc) is 2.94. The smallest absolute Gasteiger partial charge is 0.330 e. The number of aryl methyl sites for hydroxylation is 2. The highest BCUT2D eigenvalue weighted by atomic mass is 16.1. The van der Waals surface area contributed by atoms with Gasteiger partial charge in [0.2, 0.25) is 0 Å². The maximum atomic E-state index is 12.8. The Labute approximate surface area is 152 Å². The number of imidazole rings is 1. The fourth-order valence-electron chi connectivity index (χ4n) is 3.83. The van der Waals surface area contributed by atoms with E-state index in [-0.39, 0.29) is 5.69 Å². The Bertz CT molecular complexity index is 968. The van der Waals surface area contributed by atoms with Crippen molar-refractivity contribution in [3.8, 4) is 0 Å². The van der Waals surface area contributed by atoms with Gasteiger partial charge < -0.3 is 4.90 Å². The fraction of sp³-hybridized carbons (Fsp3) is 0.474. The topological polar surface area (TPSA) is 68.8 Å². The SMILES string of the molecule is CCn1c(=O)n(CC2CCN(c3cc(C)ncn3)CC2)c2ncccc21. The molecule has 3 aromatic rings. The van der Waals surface area contributed by atoms with Crippen LogP contribution in [-0.2, 0) is 13.1 Å². The molecule has 0 amide bonds. The van der Waals surface area contributed by atoms with E-state index in [4.69, 9.17) is 0 Å². The largest absolute Gasteiger partial charge is 0.356 e. The van der Waals surface area contributed by atoms with Crippen LogP contribution in [0.4, 0.5) is 5.82 Å². The number of aromatic nitrogens is 5. The molecule has 4 heterocycles. The van der Waals surface area contributed by atoms with Crippen molar-refractivity contribution in [1.82, 2.24) is 24.1 Å². The molecule has 0 unspecified atom stereocenters. The summed E-state index contributed by atoms with van der Waals surface area (Å²) in [5.74, 6) is 1.47. The zero-order valence-electron chi connectivity index (χ0n) is 15.3. The summed E-state index contributed by atoms with van der Waals surface area (Å²) in [5, 5.41) is 0. The molecule has 3 aromatic heterocycles. The van der Waals surface area contributed by atoms with E-state index in [1.54, 1.807) is 17.1 Å². The minimum atomic E-state index is 0.0510. The predicted octanol–water partition coefficient (Wildman–Crippen LogP) is 2.23. The summed E-state index contributed by atoms with van der Waals surface area (Å²) in [6.07, 6.45) is 5.47. The Morgan fingerprint density at radius 1 is 1.15 bits per heavy atom. The third kappa shape index (κ3) is 2.98. The van der Waals surface area contributed by atoms with Gasteiger partial charge in [-0.15, -0.1) is 0 Å². The Kier molecular flexibility index (Phi) is 4.44. The lowest BCUT2D eigenvalue weighted by Gasteiger charge is -2.32. The van der Waals surface area contributed by atoms with Crippen molar-refractivity contribution in [2.45, 2.75) is 39.8 Å². The molecule has 0 radical (unpaired) electrons. The molecular formula is C19H24N6O. The molecular weight excluding hydrogens is 328 g/mol. The first-order valence-corrected chi connectivity index (χ1v) is 9.25. The lowest BCUT2D eigenvalue weighted by Crippen LogP contribution is -2.37. The first-order valence-electron chi connectivity index (χ1n) is 9.25. The van der Waals surface area contributed by atoms with Crippen molar-refractivity contribution in [3.63, 3.8) is 0 Å². The predicted molar refractivity (Wildman–Crippen MR) is 101 cm³/mol. The molecule has 4 rings (SSSR count). The van der Waals surface area contributed by atoms with Gasteiger partial charge in [-0.3, -0.25) is 9.13 Å². The number of nitrogens with zero attached hydrogens (tertiary/aromatic N) is 6. The number of fused-ring (bicyclic) bond motifs is 1. The molecule has 0 saturated carbocycles. The molecule has 0 spiro atoms. The van der Waals surface area contributed by atoms with Gasteiger partial charge in [0.1, 0.15) is 12.1 Å². The van der Waals surface area contributed by atoms with Crippen LogP contribution >= 0.6 is 0 Å². The second-order valence-electron chi connectivity index (χ2n) is 6.93. The Balaban J connectivity index is 1.51. The summed E-state index contributed by atoms with van der Waals surface area (Å²) in [5.41, 5.74) is 2.76. The zero-order valence-corrected chi connectivity index (χ0v) is 15.3. The first kappa shape index (κ1) is 16.8. The maximum absolute atomic E-state index is 12.8. The van der Waals surface area contributed by atoms with Crippen molar-refractivity contribution in [3.05, 3.63) is 46.9 Å². The molecule has 7 nitrogen and oxygen atoms in total. The van der Waals surface area contributed by atoms with Gasteiger partial charge in [-0.05, 0) is 44.7 Å². The third-order valence-electron chi connectivity index (χ3n) is 5.26. The number of hydrogen-bond donors (Lipinski definition) is 0. The number of hydrogen-bond acceptors (Lipinski definition) is 5. The summed E-state index contributed by atoms with van der Waals surface area (Å²) in [6.45, 7) is 7.29. The normalized spacial score (nSPS) is 15.7. The molecule has 26 heavy (non-hydrogen) atoms. The van der Waals surface area contributed by atoms with Crippen LogP contribution in [0.1, 0.15) is 25.5 Å². The van der Waals surface area contributed by atoms with Crippen LogP contribution in [0.3, 0.4) is 0 Å². The summed E-state index contributed by atoms with van der Waals surface area (Å²) >= 11 is 0. The molecule has 136 valence electrons. The van der Waals surface area contributed by atoms with Crippen molar-refractivity contribution in [1.29, 1.82) is 0 Å². The molecule has 1 aliphatic rings. The Morgan fingerprint density at radius 3 is 2.69 bits per heavy atom. The molecule has 0 N–H and O–H groups in total. The van der Waals surface area contributed by atoms with Gasteiger partial charge in [-0.1, -0.05) is 0 Å². The zero-order chi connectivity index (χ0) is 18.1.